The highest BCUT2D eigenvalue weighted by Crippen LogP contribution is 2.38. The number of benzene rings is 1. The zero-order chi connectivity index (χ0) is 22.1. The summed E-state index contributed by atoms with van der Waals surface area (Å²) in [5.41, 5.74) is 0.656. The third-order valence-electron chi connectivity index (χ3n) is 4.49. The van der Waals surface area contributed by atoms with Crippen LogP contribution < -0.4 is 16.0 Å². The van der Waals surface area contributed by atoms with Gasteiger partial charge in [0.25, 0.3) is 5.56 Å². The molecule has 0 unspecified atom stereocenters. The van der Waals surface area contributed by atoms with Crippen molar-refractivity contribution < 1.29 is 9.13 Å². The van der Waals surface area contributed by atoms with Gasteiger partial charge in [-0.1, -0.05) is 11.6 Å². The Bertz CT molecular complexity index is 1460. The van der Waals surface area contributed by atoms with Gasteiger partial charge in [-0.15, -0.1) is 11.3 Å². The summed E-state index contributed by atoms with van der Waals surface area (Å²) in [5.74, 6) is -0.559. The van der Waals surface area contributed by atoms with Crippen molar-refractivity contribution in [1.29, 1.82) is 0 Å². The van der Waals surface area contributed by atoms with E-state index in [0.717, 1.165) is 27.5 Å². The number of methoxy groups -OCH3 is 1. The lowest BCUT2D eigenvalue weighted by atomic mass is 10.1. The van der Waals surface area contributed by atoms with Gasteiger partial charge in [0.05, 0.1) is 17.6 Å². The van der Waals surface area contributed by atoms with Gasteiger partial charge in [0.1, 0.15) is 4.70 Å². The Labute approximate surface area is 184 Å². The molecule has 0 radical (unpaired) electrons. The minimum Gasteiger partial charge on any atom is -0.494 e. The molecule has 0 aliphatic heterocycles. The summed E-state index contributed by atoms with van der Waals surface area (Å²) in [7, 11) is 3.25. The molecular weight excluding hydrogens is 443 g/mol. The number of ether oxygens (including phenoxy) is 1. The Morgan fingerprint density at radius 1 is 1.29 bits per heavy atom. The number of hydrogen-bond donors (Lipinski definition) is 1. The van der Waals surface area contributed by atoms with E-state index >= 15 is 0 Å². The SMILES string of the molecule is COc1cc(-c2cc3[nH]c(=O)n(/C=C/N=Cc4ccn(C)c4)c(=O)c3s2)c(Cl)cc1F. The van der Waals surface area contributed by atoms with Crippen molar-refractivity contribution in [2.24, 2.45) is 12.0 Å². The van der Waals surface area contributed by atoms with Gasteiger partial charge in [-0.05, 0) is 24.3 Å². The molecule has 0 amide bonds. The molecule has 0 saturated carbocycles. The van der Waals surface area contributed by atoms with Crippen LogP contribution in [-0.2, 0) is 7.05 Å². The lowest BCUT2D eigenvalue weighted by Gasteiger charge is -2.06. The van der Waals surface area contributed by atoms with Crippen molar-refractivity contribution in [3.8, 4) is 16.2 Å². The molecule has 1 N–H and O–H groups in total. The molecule has 3 aromatic heterocycles. The van der Waals surface area contributed by atoms with Crippen LogP contribution in [0, 0.1) is 5.82 Å². The Kier molecular flexibility index (Phi) is 5.62. The van der Waals surface area contributed by atoms with E-state index in [1.54, 1.807) is 12.3 Å². The summed E-state index contributed by atoms with van der Waals surface area (Å²) >= 11 is 7.32. The van der Waals surface area contributed by atoms with E-state index in [1.807, 2.05) is 30.1 Å². The Hall–Kier alpha value is -3.43. The first-order chi connectivity index (χ1) is 14.9. The van der Waals surface area contributed by atoms with E-state index in [0.29, 0.717) is 20.7 Å². The van der Waals surface area contributed by atoms with Crippen LogP contribution in [0.2, 0.25) is 5.02 Å². The normalized spacial score (nSPS) is 11.9. The number of H-pyrrole nitrogens is 1. The number of aliphatic imine (C=N–C) groups is 1. The second-order valence-electron chi connectivity index (χ2n) is 6.61. The van der Waals surface area contributed by atoms with Crippen molar-refractivity contribution in [2.75, 3.05) is 7.11 Å². The zero-order valence-corrected chi connectivity index (χ0v) is 18.0. The summed E-state index contributed by atoms with van der Waals surface area (Å²) in [5, 5.41) is 0.169. The predicted molar refractivity (Wildman–Crippen MR) is 122 cm³/mol. The summed E-state index contributed by atoms with van der Waals surface area (Å²) in [6.07, 6.45) is 8.04. The molecule has 10 heteroatoms. The molecule has 0 fully saturated rings. The fourth-order valence-corrected chi connectivity index (χ4v) is 4.39. The molecule has 158 valence electrons. The predicted octanol–water partition coefficient (Wildman–Crippen LogP) is 4.11. The van der Waals surface area contributed by atoms with Crippen LogP contribution in [0.4, 0.5) is 4.39 Å². The van der Waals surface area contributed by atoms with E-state index in [2.05, 4.69) is 9.98 Å². The molecule has 3 heterocycles. The van der Waals surface area contributed by atoms with Gasteiger partial charge in [-0.25, -0.2) is 13.8 Å². The number of nitrogens with one attached hydrogen (secondary N) is 1. The molecule has 0 atom stereocenters. The Balaban J connectivity index is 1.73. The molecule has 1 aromatic carbocycles. The summed E-state index contributed by atoms with van der Waals surface area (Å²) in [6, 6.07) is 6.11. The number of nitrogens with zero attached hydrogens (tertiary/aromatic N) is 3. The van der Waals surface area contributed by atoms with E-state index in [1.165, 1.54) is 25.6 Å². The van der Waals surface area contributed by atoms with Gasteiger partial charge in [0.15, 0.2) is 11.6 Å². The summed E-state index contributed by atoms with van der Waals surface area (Å²) < 4.78 is 22.0. The lowest BCUT2D eigenvalue weighted by molar-refractivity contribution is 0.387. The van der Waals surface area contributed by atoms with Gasteiger partial charge >= 0.3 is 5.69 Å². The lowest BCUT2D eigenvalue weighted by Crippen LogP contribution is -2.30. The highest BCUT2D eigenvalue weighted by atomic mass is 35.5. The summed E-state index contributed by atoms with van der Waals surface area (Å²) in [4.78, 5) is 32.6. The van der Waals surface area contributed by atoms with E-state index in [4.69, 9.17) is 16.3 Å². The molecule has 4 aromatic rings. The number of hydrogen-bond acceptors (Lipinski definition) is 5. The highest BCUT2D eigenvalue weighted by molar-refractivity contribution is 7.22. The minimum absolute atomic E-state index is 0.0296. The van der Waals surface area contributed by atoms with Crippen molar-refractivity contribution in [2.45, 2.75) is 0 Å². The van der Waals surface area contributed by atoms with Crippen molar-refractivity contribution >= 4 is 45.6 Å². The molecule has 4 rings (SSSR count). The second-order valence-corrected chi connectivity index (χ2v) is 8.07. The average molecular weight is 459 g/mol. The van der Waals surface area contributed by atoms with Crippen LogP contribution in [0.25, 0.3) is 26.9 Å². The topological polar surface area (TPSA) is 81.4 Å². The van der Waals surface area contributed by atoms with Crippen LogP contribution in [0.15, 0.2) is 57.4 Å². The molecule has 0 bridgehead atoms. The Morgan fingerprint density at radius 3 is 2.81 bits per heavy atom. The fraction of sp³-hybridized carbons (Fsp3) is 0.0952. The third-order valence-corrected chi connectivity index (χ3v) is 5.96. The monoisotopic (exact) mass is 458 g/mol. The molecule has 0 aliphatic carbocycles. The largest absolute Gasteiger partial charge is 0.494 e. The van der Waals surface area contributed by atoms with E-state index in [9.17, 15) is 14.0 Å². The number of aromatic nitrogens is 3. The maximum Gasteiger partial charge on any atom is 0.333 e. The number of aryl methyl sites for hydroxylation is 1. The maximum atomic E-state index is 13.9. The van der Waals surface area contributed by atoms with Gasteiger partial charge in [-0.3, -0.25) is 9.79 Å². The van der Waals surface area contributed by atoms with Crippen LogP contribution in [0.1, 0.15) is 5.56 Å². The number of rotatable bonds is 5. The van der Waals surface area contributed by atoms with Gasteiger partial charge < -0.3 is 14.3 Å². The smallest absolute Gasteiger partial charge is 0.333 e. The number of aromatic amines is 1. The average Bonchev–Trinajstić information content (AvgIpc) is 3.33. The van der Waals surface area contributed by atoms with E-state index < -0.39 is 17.1 Å². The van der Waals surface area contributed by atoms with Crippen LogP contribution >= 0.6 is 22.9 Å². The minimum atomic E-state index is -0.601. The zero-order valence-electron chi connectivity index (χ0n) is 16.4. The van der Waals surface area contributed by atoms with Crippen molar-refractivity contribution in [1.82, 2.24) is 14.1 Å². The maximum absolute atomic E-state index is 13.9. The van der Waals surface area contributed by atoms with Crippen LogP contribution in [0.3, 0.4) is 0 Å². The molecule has 0 aliphatic rings. The number of thiophene rings is 1. The Morgan fingerprint density at radius 2 is 2.10 bits per heavy atom. The van der Waals surface area contributed by atoms with Crippen molar-refractivity contribution in [3.63, 3.8) is 0 Å². The highest BCUT2D eigenvalue weighted by Gasteiger charge is 2.16. The standard InChI is InChI=1S/C21H16ClFN4O3S/c1-26-5-3-12(11-26)10-24-4-6-27-20(28)19-16(25-21(27)29)9-18(31-19)13-7-17(30-2)15(23)8-14(13)22/h3-11H,1-2H3,(H,25,29)/b6-4+,24-10?. The second kappa shape index (κ2) is 8.37. The first kappa shape index (κ1) is 20.8. The van der Waals surface area contributed by atoms with Crippen LogP contribution in [0.5, 0.6) is 5.75 Å². The van der Waals surface area contributed by atoms with Gasteiger partial charge in [-0.2, -0.15) is 0 Å². The van der Waals surface area contributed by atoms with E-state index in [-0.39, 0.29) is 10.8 Å². The fourth-order valence-electron chi connectivity index (χ4n) is 3.00. The molecular formula is C21H16ClFN4O3S. The first-order valence-electron chi connectivity index (χ1n) is 9.01. The quantitative estimate of drug-likeness (QED) is 0.457. The van der Waals surface area contributed by atoms with Gasteiger partial charge in [0, 0.05) is 54.1 Å². The molecule has 0 spiro atoms. The molecule has 31 heavy (non-hydrogen) atoms. The van der Waals surface area contributed by atoms with Gasteiger partial charge in [0.2, 0.25) is 0 Å². The summed E-state index contributed by atoms with van der Waals surface area (Å²) in [6.45, 7) is 0. The van der Waals surface area contributed by atoms with Crippen molar-refractivity contribution in [3.05, 3.63) is 80.1 Å². The molecule has 7 nitrogen and oxygen atoms in total. The molecule has 0 saturated heterocycles. The third kappa shape index (κ3) is 4.10. The number of fused-ring (bicyclic) bond motifs is 1. The number of halogens is 2. The first-order valence-corrected chi connectivity index (χ1v) is 10.2. The van der Waals surface area contributed by atoms with Crippen LogP contribution in [-0.4, -0.2) is 27.4 Å².